The van der Waals surface area contributed by atoms with Gasteiger partial charge in [-0.1, -0.05) is 11.3 Å². The maximum absolute atomic E-state index is 12.1. The number of aryl methyl sites for hydroxylation is 1. The van der Waals surface area contributed by atoms with Crippen molar-refractivity contribution in [2.24, 2.45) is 0 Å². The van der Waals surface area contributed by atoms with Gasteiger partial charge in [-0.25, -0.2) is 9.89 Å². The zero-order chi connectivity index (χ0) is 18.0. The van der Waals surface area contributed by atoms with E-state index in [1.807, 2.05) is 13.8 Å². The predicted molar refractivity (Wildman–Crippen MR) is 95.9 cm³/mol. The summed E-state index contributed by atoms with van der Waals surface area (Å²) in [6, 6.07) is 6.95. The SMILES string of the molecule is Cc1sc(=O)n(CCC(=O)Nc2ccc(-c3n[nH]c(=O)[nH]3)cc2)c1C. The normalized spacial score (nSPS) is 10.8. The van der Waals surface area contributed by atoms with E-state index >= 15 is 0 Å². The van der Waals surface area contributed by atoms with Gasteiger partial charge in [0.05, 0.1) is 0 Å². The summed E-state index contributed by atoms with van der Waals surface area (Å²) in [4.78, 5) is 38.5. The van der Waals surface area contributed by atoms with Crippen molar-refractivity contribution in [3.05, 3.63) is 55.0 Å². The number of amides is 1. The maximum Gasteiger partial charge on any atom is 0.340 e. The van der Waals surface area contributed by atoms with Gasteiger partial charge in [0.15, 0.2) is 5.82 Å². The van der Waals surface area contributed by atoms with E-state index < -0.39 is 0 Å². The first-order chi connectivity index (χ1) is 11.9. The highest BCUT2D eigenvalue weighted by Gasteiger charge is 2.10. The fourth-order valence-electron chi connectivity index (χ4n) is 2.40. The van der Waals surface area contributed by atoms with E-state index in [1.165, 1.54) is 11.3 Å². The van der Waals surface area contributed by atoms with Crippen molar-refractivity contribution < 1.29 is 4.79 Å². The number of H-pyrrole nitrogens is 2. The molecule has 0 atom stereocenters. The van der Waals surface area contributed by atoms with E-state index in [1.54, 1.807) is 28.8 Å². The fraction of sp³-hybridized carbons (Fsp3) is 0.250. The summed E-state index contributed by atoms with van der Waals surface area (Å²) in [5, 5.41) is 8.94. The van der Waals surface area contributed by atoms with Crippen LogP contribution in [-0.2, 0) is 11.3 Å². The highest BCUT2D eigenvalue weighted by atomic mass is 32.1. The molecule has 25 heavy (non-hydrogen) atoms. The predicted octanol–water partition coefficient (Wildman–Crippen LogP) is 1.63. The van der Waals surface area contributed by atoms with Gasteiger partial charge in [0.2, 0.25) is 5.91 Å². The summed E-state index contributed by atoms with van der Waals surface area (Å²) in [7, 11) is 0. The minimum absolute atomic E-state index is 0.0415. The summed E-state index contributed by atoms with van der Waals surface area (Å²) in [5.41, 5.74) is 1.89. The summed E-state index contributed by atoms with van der Waals surface area (Å²) in [6.45, 7) is 4.13. The Kier molecular flexibility index (Phi) is 4.66. The number of hydrogen-bond donors (Lipinski definition) is 3. The monoisotopic (exact) mass is 359 g/mol. The zero-order valence-corrected chi connectivity index (χ0v) is 14.6. The Morgan fingerprint density at radius 3 is 2.52 bits per heavy atom. The van der Waals surface area contributed by atoms with E-state index in [0.29, 0.717) is 18.1 Å². The Balaban J connectivity index is 1.61. The molecule has 2 heterocycles. The van der Waals surface area contributed by atoms with Crippen LogP contribution in [0.2, 0.25) is 0 Å². The third kappa shape index (κ3) is 3.77. The zero-order valence-electron chi connectivity index (χ0n) is 13.8. The molecule has 0 bridgehead atoms. The number of aromatic nitrogens is 4. The Bertz CT molecular complexity index is 1010. The lowest BCUT2D eigenvalue weighted by Crippen LogP contribution is -2.20. The van der Waals surface area contributed by atoms with Crippen molar-refractivity contribution in [3.8, 4) is 11.4 Å². The Labute approximate surface area is 146 Å². The van der Waals surface area contributed by atoms with Gasteiger partial charge < -0.3 is 9.88 Å². The molecule has 3 rings (SSSR count). The van der Waals surface area contributed by atoms with E-state index in [4.69, 9.17) is 0 Å². The van der Waals surface area contributed by atoms with Crippen molar-refractivity contribution in [1.82, 2.24) is 19.7 Å². The second-order valence-electron chi connectivity index (χ2n) is 5.56. The highest BCUT2D eigenvalue weighted by molar-refractivity contribution is 7.09. The molecule has 1 amide bonds. The quantitative estimate of drug-likeness (QED) is 0.642. The molecule has 0 saturated heterocycles. The smallest absolute Gasteiger partial charge is 0.326 e. The third-order valence-corrected chi connectivity index (χ3v) is 4.88. The lowest BCUT2D eigenvalue weighted by molar-refractivity contribution is -0.116. The van der Waals surface area contributed by atoms with Gasteiger partial charge in [-0.2, -0.15) is 5.10 Å². The van der Waals surface area contributed by atoms with Gasteiger partial charge in [-0.15, -0.1) is 0 Å². The first-order valence-corrected chi connectivity index (χ1v) is 8.47. The first-order valence-electron chi connectivity index (χ1n) is 7.66. The van der Waals surface area contributed by atoms with E-state index in [9.17, 15) is 14.4 Å². The van der Waals surface area contributed by atoms with Crippen molar-refractivity contribution >= 4 is 22.9 Å². The molecule has 0 radical (unpaired) electrons. The molecule has 8 nitrogen and oxygen atoms in total. The number of aromatic amines is 2. The standard InChI is InChI=1S/C16H17N5O3S/c1-9-10(2)25-16(24)21(9)8-7-13(22)17-12-5-3-11(4-6-12)14-18-15(23)20-19-14/h3-6H,7-8H2,1-2H3,(H,17,22)(H2,18,19,20,23). The Hall–Kier alpha value is -2.94. The molecular weight excluding hydrogens is 342 g/mol. The first kappa shape index (κ1) is 16.9. The molecule has 0 aliphatic carbocycles. The summed E-state index contributed by atoms with van der Waals surface area (Å²) in [6.07, 6.45) is 0.214. The number of hydrogen-bond acceptors (Lipinski definition) is 5. The molecular formula is C16H17N5O3S. The van der Waals surface area contributed by atoms with Gasteiger partial charge in [0.1, 0.15) is 0 Å². The lowest BCUT2D eigenvalue weighted by Gasteiger charge is -2.07. The Morgan fingerprint density at radius 1 is 1.24 bits per heavy atom. The van der Waals surface area contributed by atoms with E-state index in [-0.39, 0.29) is 22.9 Å². The molecule has 2 aromatic heterocycles. The number of carbonyl (C=O) groups is 1. The molecule has 1 aromatic carbocycles. The van der Waals surface area contributed by atoms with Crippen LogP contribution in [0.25, 0.3) is 11.4 Å². The second-order valence-corrected chi connectivity index (χ2v) is 6.73. The van der Waals surface area contributed by atoms with Crippen LogP contribution >= 0.6 is 11.3 Å². The number of nitrogens with zero attached hydrogens (tertiary/aromatic N) is 2. The Morgan fingerprint density at radius 2 is 1.96 bits per heavy atom. The maximum atomic E-state index is 12.1. The van der Waals surface area contributed by atoms with Crippen LogP contribution in [0.4, 0.5) is 5.69 Å². The molecule has 0 aliphatic heterocycles. The molecule has 3 aromatic rings. The topological polar surface area (TPSA) is 113 Å². The summed E-state index contributed by atoms with van der Waals surface area (Å²) >= 11 is 1.19. The number of benzene rings is 1. The molecule has 0 spiro atoms. The summed E-state index contributed by atoms with van der Waals surface area (Å²) in [5.74, 6) is 0.265. The molecule has 9 heteroatoms. The highest BCUT2D eigenvalue weighted by Crippen LogP contribution is 2.17. The van der Waals surface area contributed by atoms with Crippen LogP contribution in [0.1, 0.15) is 17.0 Å². The van der Waals surface area contributed by atoms with Crippen LogP contribution in [0.5, 0.6) is 0 Å². The van der Waals surface area contributed by atoms with Gasteiger partial charge in [-0.05, 0) is 38.1 Å². The van der Waals surface area contributed by atoms with Crippen molar-refractivity contribution in [2.75, 3.05) is 5.32 Å². The third-order valence-electron chi connectivity index (χ3n) is 3.88. The minimum atomic E-state index is -0.374. The van der Waals surface area contributed by atoms with Crippen LogP contribution in [-0.4, -0.2) is 25.7 Å². The van der Waals surface area contributed by atoms with Crippen molar-refractivity contribution in [1.29, 1.82) is 0 Å². The van der Waals surface area contributed by atoms with Crippen LogP contribution in [0.15, 0.2) is 33.9 Å². The molecule has 130 valence electrons. The molecule has 0 unspecified atom stereocenters. The molecule has 0 saturated carbocycles. The van der Waals surface area contributed by atoms with Crippen LogP contribution in [0.3, 0.4) is 0 Å². The lowest BCUT2D eigenvalue weighted by atomic mass is 10.2. The van der Waals surface area contributed by atoms with Gasteiger partial charge in [0.25, 0.3) is 0 Å². The minimum Gasteiger partial charge on any atom is -0.326 e. The summed E-state index contributed by atoms with van der Waals surface area (Å²) < 4.78 is 1.62. The number of thiazole rings is 1. The van der Waals surface area contributed by atoms with Gasteiger partial charge >= 0.3 is 10.6 Å². The van der Waals surface area contributed by atoms with E-state index in [0.717, 1.165) is 16.1 Å². The van der Waals surface area contributed by atoms with E-state index in [2.05, 4.69) is 20.5 Å². The van der Waals surface area contributed by atoms with Gasteiger partial charge in [-0.3, -0.25) is 14.6 Å². The second kappa shape index (κ2) is 6.89. The van der Waals surface area contributed by atoms with Crippen molar-refractivity contribution in [3.63, 3.8) is 0 Å². The number of nitrogens with one attached hydrogen (secondary N) is 3. The molecule has 3 N–H and O–H groups in total. The average Bonchev–Trinajstić information content (AvgIpc) is 3.11. The fourth-order valence-corrected chi connectivity index (χ4v) is 3.26. The van der Waals surface area contributed by atoms with Crippen molar-refractivity contribution in [2.45, 2.75) is 26.8 Å². The number of anilines is 1. The van der Waals surface area contributed by atoms with Gasteiger partial charge in [0, 0.05) is 34.8 Å². The molecule has 0 fully saturated rings. The largest absolute Gasteiger partial charge is 0.340 e. The van der Waals surface area contributed by atoms with Crippen LogP contribution < -0.4 is 15.9 Å². The number of carbonyl (C=O) groups excluding carboxylic acids is 1. The average molecular weight is 359 g/mol. The number of rotatable bonds is 5. The molecule has 0 aliphatic rings. The van der Waals surface area contributed by atoms with Crippen LogP contribution in [0, 0.1) is 13.8 Å².